The van der Waals surface area contributed by atoms with Gasteiger partial charge in [-0.1, -0.05) is 26.7 Å². The number of aryl methyl sites for hydroxylation is 2. The molecule has 3 aliphatic rings. The monoisotopic (exact) mass is 520 g/mol. The van der Waals surface area contributed by atoms with Gasteiger partial charge in [0.05, 0.1) is 27.8 Å². The second-order valence-electron chi connectivity index (χ2n) is 12.0. The first-order chi connectivity index (χ1) is 17.8. The van der Waals surface area contributed by atoms with Gasteiger partial charge in [0.1, 0.15) is 16.3 Å². The molecule has 3 saturated carbocycles. The smallest absolute Gasteiger partial charge is 0.225 e. The fourth-order valence-electron chi connectivity index (χ4n) is 6.74. The van der Waals surface area contributed by atoms with E-state index in [-0.39, 0.29) is 23.6 Å². The second-order valence-corrected chi connectivity index (χ2v) is 13.1. The highest BCUT2D eigenvalue weighted by Gasteiger charge is 2.50. The van der Waals surface area contributed by atoms with Gasteiger partial charge < -0.3 is 15.7 Å². The van der Waals surface area contributed by atoms with Crippen LogP contribution in [0.2, 0.25) is 0 Å². The quantitative estimate of drug-likeness (QED) is 0.312. The predicted octanol–water partition coefficient (Wildman–Crippen LogP) is 6.50. The Labute approximate surface area is 223 Å². The summed E-state index contributed by atoms with van der Waals surface area (Å²) in [4.78, 5) is 19.6. The first-order valence-electron chi connectivity index (χ1n) is 14.2. The summed E-state index contributed by atoms with van der Waals surface area (Å²) in [7, 11) is 0. The van der Waals surface area contributed by atoms with Gasteiger partial charge in [0.2, 0.25) is 5.95 Å². The van der Waals surface area contributed by atoms with Gasteiger partial charge >= 0.3 is 0 Å². The summed E-state index contributed by atoms with van der Waals surface area (Å²) in [5, 5.41) is 19.2. The molecule has 8 heteroatoms. The Balaban J connectivity index is 1.34. The molecule has 6 rings (SSSR count). The molecule has 3 aromatic heterocycles. The van der Waals surface area contributed by atoms with Crippen LogP contribution in [0.4, 0.5) is 11.8 Å². The maximum Gasteiger partial charge on any atom is 0.225 e. The van der Waals surface area contributed by atoms with Gasteiger partial charge in [-0.15, -0.1) is 11.3 Å². The topological polar surface area (TPSA) is 95.9 Å². The molecule has 0 radical (unpaired) electrons. The zero-order valence-corrected chi connectivity index (χ0v) is 23.4. The van der Waals surface area contributed by atoms with Crippen molar-refractivity contribution in [1.82, 2.24) is 19.9 Å². The van der Waals surface area contributed by atoms with E-state index in [1.54, 1.807) is 11.3 Å². The van der Waals surface area contributed by atoms with E-state index < -0.39 is 0 Å². The first kappa shape index (κ1) is 25.0. The van der Waals surface area contributed by atoms with Gasteiger partial charge in [0.25, 0.3) is 0 Å². The van der Waals surface area contributed by atoms with Crippen molar-refractivity contribution < 1.29 is 5.11 Å². The molecule has 3 aliphatic carbocycles. The number of anilines is 2. The van der Waals surface area contributed by atoms with Crippen LogP contribution in [0.5, 0.6) is 0 Å². The summed E-state index contributed by atoms with van der Waals surface area (Å²) < 4.78 is 1.13. The molecule has 3 N–H and O–H groups in total. The molecular formula is C29H40N6OS. The molecule has 3 aromatic rings. The molecule has 0 saturated heterocycles. The molecule has 3 atom stereocenters. The first-order valence-corrected chi connectivity index (χ1v) is 15.0. The van der Waals surface area contributed by atoms with Gasteiger partial charge in [0, 0.05) is 17.8 Å². The van der Waals surface area contributed by atoms with Crippen molar-refractivity contribution >= 4 is 33.3 Å². The van der Waals surface area contributed by atoms with Crippen LogP contribution in [-0.4, -0.2) is 42.7 Å². The van der Waals surface area contributed by atoms with Crippen LogP contribution < -0.4 is 10.6 Å². The van der Waals surface area contributed by atoms with Crippen molar-refractivity contribution in [2.24, 2.45) is 17.8 Å². The van der Waals surface area contributed by atoms with Crippen LogP contribution in [0.25, 0.3) is 20.8 Å². The molecule has 1 unspecified atom stereocenters. The van der Waals surface area contributed by atoms with Crippen molar-refractivity contribution in [2.45, 2.75) is 103 Å². The third kappa shape index (κ3) is 4.83. The highest BCUT2D eigenvalue weighted by atomic mass is 32.1. The van der Waals surface area contributed by atoms with Crippen LogP contribution >= 0.6 is 11.3 Å². The molecule has 0 bridgehead atoms. The number of fused-ring (bicyclic) bond motifs is 1. The van der Waals surface area contributed by atoms with Gasteiger partial charge in [0.15, 0.2) is 0 Å². The summed E-state index contributed by atoms with van der Waals surface area (Å²) >= 11 is 1.68. The average molecular weight is 521 g/mol. The Bertz CT molecular complexity index is 1280. The molecule has 3 fully saturated rings. The lowest BCUT2D eigenvalue weighted by Crippen LogP contribution is -2.31. The van der Waals surface area contributed by atoms with Gasteiger partial charge in [-0.25, -0.2) is 9.97 Å². The van der Waals surface area contributed by atoms with Crippen LogP contribution in [0.1, 0.15) is 83.0 Å². The van der Waals surface area contributed by atoms with E-state index in [1.807, 2.05) is 19.2 Å². The van der Waals surface area contributed by atoms with Gasteiger partial charge in [-0.3, -0.25) is 4.98 Å². The lowest BCUT2D eigenvalue weighted by atomic mass is 9.92. The van der Waals surface area contributed by atoms with Gasteiger partial charge in [-0.2, -0.15) is 4.98 Å². The highest BCUT2D eigenvalue weighted by molar-refractivity contribution is 7.21. The molecule has 0 aliphatic heterocycles. The lowest BCUT2D eigenvalue weighted by Gasteiger charge is -2.26. The number of rotatable bonds is 8. The predicted molar refractivity (Wildman–Crippen MR) is 151 cm³/mol. The summed E-state index contributed by atoms with van der Waals surface area (Å²) in [5.41, 5.74) is 4.02. The largest absolute Gasteiger partial charge is 0.393 e. The van der Waals surface area contributed by atoms with Crippen LogP contribution in [0.15, 0.2) is 12.3 Å². The summed E-state index contributed by atoms with van der Waals surface area (Å²) in [6.07, 6.45) is 12.4. The van der Waals surface area contributed by atoms with E-state index in [0.29, 0.717) is 5.92 Å². The SMILES string of the molecule is Cc1nc(NC2(C3CCCC3)CC2)nc(N[C@H]2CC[C@@H](C(O)C(C)C)C2)c1-c1nc2c(C)nccc2s1. The molecule has 0 amide bonds. The number of thiazole rings is 1. The molecular weight excluding hydrogens is 480 g/mol. The summed E-state index contributed by atoms with van der Waals surface area (Å²) in [6.45, 7) is 8.31. The number of aliphatic hydroxyl groups excluding tert-OH is 1. The van der Waals surface area contributed by atoms with Crippen molar-refractivity contribution in [2.75, 3.05) is 10.6 Å². The van der Waals surface area contributed by atoms with Crippen LogP contribution in [0.3, 0.4) is 0 Å². The number of pyridine rings is 1. The number of nitrogens with zero attached hydrogens (tertiary/aromatic N) is 4. The average Bonchev–Trinajstić information content (AvgIpc) is 3.29. The Kier molecular flexibility index (Phi) is 6.60. The van der Waals surface area contributed by atoms with Crippen molar-refractivity contribution in [3.8, 4) is 10.6 Å². The lowest BCUT2D eigenvalue weighted by molar-refractivity contribution is 0.0669. The Hall–Kier alpha value is -2.32. The summed E-state index contributed by atoms with van der Waals surface area (Å²) in [5.74, 6) is 2.95. The van der Waals surface area contributed by atoms with Crippen molar-refractivity contribution in [3.05, 3.63) is 23.7 Å². The fraction of sp³-hybridized carbons (Fsp3) is 0.655. The zero-order chi connectivity index (χ0) is 25.7. The van der Waals surface area contributed by atoms with E-state index >= 15 is 0 Å². The van der Waals surface area contributed by atoms with E-state index in [9.17, 15) is 5.11 Å². The number of hydrogen-bond donors (Lipinski definition) is 3. The minimum Gasteiger partial charge on any atom is -0.393 e. The third-order valence-electron chi connectivity index (χ3n) is 9.06. The Morgan fingerprint density at radius 1 is 1.03 bits per heavy atom. The van der Waals surface area contributed by atoms with Gasteiger partial charge in [-0.05, 0) is 82.6 Å². The van der Waals surface area contributed by atoms with Crippen molar-refractivity contribution in [3.63, 3.8) is 0 Å². The van der Waals surface area contributed by atoms with E-state index in [2.05, 4.69) is 36.4 Å². The number of aromatic nitrogens is 4. The maximum absolute atomic E-state index is 10.7. The number of aliphatic hydroxyl groups is 1. The standard InChI is InChI=1S/C29H40N6OS/c1-16(2)25(36)19-9-10-21(15-19)32-26-23(27-33-24-18(4)30-14-11-22(24)37-27)17(3)31-28(34-26)35-29(12-13-29)20-7-5-6-8-20/h11,14,16,19-21,25,36H,5-10,12-13,15H2,1-4H3,(H2,31,32,34,35)/t19-,21+,25?/m1/s1. The van der Waals surface area contributed by atoms with E-state index in [1.165, 1.54) is 38.5 Å². The highest BCUT2D eigenvalue weighted by Crippen LogP contribution is 2.51. The minimum absolute atomic E-state index is 0.181. The third-order valence-corrected chi connectivity index (χ3v) is 10.1. The zero-order valence-electron chi connectivity index (χ0n) is 22.5. The fourth-order valence-corrected chi connectivity index (χ4v) is 7.86. The maximum atomic E-state index is 10.7. The number of hydrogen-bond acceptors (Lipinski definition) is 8. The second kappa shape index (κ2) is 9.77. The summed E-state index contributed by atoms with van der Waals surface area (Å²) in [6, 6.07) is 2.32. The minimum atomic E-state index is -0.253. The molecule has 7 nitrogen and oxygen atoms in total. The molecule has 3 heterocycles. The van der Waals surface area contributed by atoms with Crippen molar-refractivity contribution in [1.29, 1.82) is 0 Å². The molecule has 37 heavy (non-hydrogen) atoms. The van der Waals surface area contributed by atoms with E-state index in [0.717, 1.165) is 69.1 Å². The van der Waals surface area contributed by atoms with Crippen LogP contribution in [0, 0.1) is 31.6 Å². The number of nitrogens with one attached hydrogen (secondary N) is 2. The normalized spacial score (nSPS) is 24.2. The Morgan fingerprint density at radius 2 is 1.81 bits per heavy atom. The molecule has 0 spiro atoms. The Morgan fingerprint density at radius 3 is 2.51 bits per heavy atom. The molecule has 198 valence electrons. The van der Waals surface area contributed by atoms with E-state index in [4.69, 9.17) is 15.0 Å². The van der Waals surface area contributed by atoms with Crippen LogP contribution in [-0.2, 0) is 0 Å². The molecule has 0 aromatic carbocycles.